The summed E-state index contributed by atoms with van der Waals surface area (Å²) in [6, 6.07) is 0. The Morgan fingerprint density at radius 3 is 1.21 bits per heavy atom. The van der Waals surface area contributed by atoms with Gasteiger partial charge in [-0.2, -0.15) is 0 Å². The van der Waals surface area contributed by atoms with E-state index in [4.69, 9.17) is 18.5 Å². The van der Waals surface area contributed by atoms with Crippen LogP contribution in [-0.2, 0) is 32.7 Å². The minimum atomic E-state index is -4.39. The zero-order chi connectivity index (χ0) is 48.5. The molecule has 0 amide bonds. The van der Waals surface area contributed by atoms with Crippen molar-refractivity contribution >= 4 is 19.8 Å². The lowest BCUT2D eigenvalue weighted by Crippen LogP contribution is -2.37. The number of unbranched alkanes of at least 4 members (excludes halogenated alkanes) is 13. The number of ether oxygens (including phenoxy) is 2. The van der Waals surface area contributed by atoms with Crippen molar-refractivity contribution in [3.63, 3.8) is 0 Å². The number of hydrogen-bond acceptors (Lipinski definition) is 7. The van der Waals surface area contributed by atoms with Crippen LogP contribution in [0.4, 0.5) is 0 Å². The third-order valence-electron chi connectivity index (χ3n) is 10.3. The van der Waals surface area contributed by atoms with E-state index < -0.39 is 32.5 Å². The van der Waals surface area contributed by atoms with Gasteiger partial charge in [0.25, 0.3) is 0 Å². The Bertz CT molecular complexity index is 1480. The van der Waals surface area contributed by atoms with Crippen LogP contribution >= 0.6 is 7.82 Å². The molecule has 0 spiro atoms. The van der Waals surface area contributed by atoms with Gasteiger partial charge in [0.1, 0.15) is 19.8 Å². The highest BCUT2D eigenvalue weighted by Crippen LogP contribution is 2.43. The lowest BCUT2D eigenvalue weighted by Gasteiger charge is -2.24. The van der Waals surface area contributed by atoms with E-state index in [1.165, 1.54) is 25.7 Å². The molecule has 0 aromatic heterocycles. The van der Waals surface area contributed by atoms with Crippen molar-refractivity contribution in [2.75, 3.05) is 47.5 Å². The molecule has 0 saturated heterocycles. The van der Waals surface area contributed by atoms with Crippen molar-refractivity contribution in [2.45, 2.75) is 187 Å². The fourth-order valence-corrected chi connectivity index (χ4v) is 7.13. The second-order valence-corrected chi connectivity index (χ2v) is 19.2. The smallest absolute Gasteiger partial charge is 0.462 e. The number of allylic oxidation sites excluding steroid dienone is 18. The van der Waals surface area contributed by atoms with Crippen LogP contribution in [0.25, 0.3) is 0 Å². The maximum absolute atomic E-state index is 12.8. The Balaban J connectivity index is 4.28. The maximum atomic E-state index is 12.8. The Morgan fingerprint density at radius 2 is 0.818 bits per heavy atom. The predicted molar refractivity (Wildman–Crippen MR) is 279 cm³/mol. The van der Waals surface area contributed by atoms with Gasteiger partial charge >= 0.3 is 19.8 Å². The number of esters is 2. The monoisotopic (exact) mass is 941 g/mol. The fourth-order valence-electron chi connectivity index (χ4n) is 6.38. The molecule has 0 bridgehead atoms. The number of phosphoric ester groups is 1. The first-order valence-electron chi connectivity index (χ1n) is 25.6. The molecule has 10 heteroatoms. The highest BCUT2D eigenvalue weighted by Gasteiger charge is 2.27. The van der Waals surface area contributed by atoms with Crippen LogP contribution in [0.3, 0.4) is 0 Å². The molecule has 0 aromatic carbocycles. The van der Waals surface area contributed by atoms with Crippen molar-refractivity contribution in [1.29, 1.82) is 0 Å². The highest BCUT2D eigenvalue weighted by atomic mass is 31.2. The number of rotatable bonds is 45. The molecule has 0 aliphatic heterocycles. The number of carbonyl (C=O) groups is 2. The van der Waals surface area contributed by atoms with Crippen molar-refractivity contribution in [2.24, 2.45) is 0 Å². The molecule has 1 N–H and O–H groups in total. The minimum Gasteiger partial charge on any atom is -0.462 e. The van der Waals surface area contributed by atoms with Crippen LogP contribution in [0, 0.1) is 0 Å². The van der Waals surface area contributed by atoms with Gasteiger partial charge < -0.3 is 18.9 Å². The van der Waals surface area contributed by atoms with Crippen molar-refractivity contribution in [1.82, 2.24) is 0 Å². The zero-order valence-electron chi connectivity index (χ0n) is 42.4. The highest BCUT2D eigenvalue weighted by molar-refractivity contribution is 7.47. The van der Waals surface area contributed by atoms with E-state index in [1.807, 2.05) is 21.1 Å². The third kappa shape index (κ3) is 50.1. The van der Waals surface area contributed by atoms with Crippen molar-refractivity contribution in [3.05, 3.63) is 109 Å². The maximum Gasteiger partial charge on any atom is 0.472 e. The third-order valence-corrected chi connectivity index (χ3v) is 11.3. The minimum absolute atomic E-state index is 0.0206. The summed E-state index contributed by atoms with van der Waals surface area (Å²) < 4.78 is 34.4. The Labute approximate surface area is 404 Å². The molecular weight excluding hydrogens is 846 g/mol. The van der Waals surface area contributed by atoms with Gasteiger partial charge in [0, 0.05) is 12.8 Å². The molecule has 0 aliphatic rings. The van der Waals surface area contributed by atoms with Crippen LogP contribution in [0.1, 0.15) is 181 Å². The Morgan fingerprint density at radius 1 is 0.470 bits per heavy atom. The molecule has 376 valence electrons. The average Bonchev–Trinajstić information content (AvgIpc) is 3.27. The number of likely N-dealkylation sites (N-methyl/N-ethyl adjacent to an activating group) is 1. The molecule has 0 fully saturated rings. The predicted octanol–water partition coefficient (Wildman–Crippen LogP) is 15.5. The summed E-state index contributed by atoms with van der Waals surface area (Å²) in [5.74, 6) is -0.837. The molecule has 0 aromatic rings. The van der Waals surface area contributed by atoms with Crippen LogP contribution in [-0.4, -0.2) is 74.9 Å². The van der Waals surface area contributed by atoms with E-state index in [9.17, 15) is 19.0 Å². The molecule has 2 unspecified atom stereocenters. The van der Waals surface area contributed by atoms with Gasteiger partial charge in [-0.3, -0.25) is 18.6 Å². The first-order valence-corrected chi connectivity index (χ1v) is 27.1. The summed E-state index contributed by atoms with van der Waals surface area (Å²) in [6.45, 7) is 4.15. The zero-order valence-corrected chi connectivity index (χ0v) is 43.3. The number of phosphoric acid groups is 1. The first kappa shape index (κ1) is 62.7. The lowest BCUT2D eigenvalue weighted by atomic mass is 10.1. The van der Waals surface area contributed by atoms with Crippen LogP contribution in [0.2, 0.25) is 0 Å². The van der Waals surface area contributed by atoms with E-state index in [0.29, 0.717) is 23.9 Å². The molecule has 0 radical (unpaired) electrons. The number of hydrogen-bond donors (Lipinski definition) is 1. The van der Waals surface area contributed by atoms with Crippen molar-refractivity contribution < 1.29 is 42.1 Å². The van der Waals surface area contributed by atoms with Gasteiger partial charge in [0.2, 0.25) is 0 Å². The van der Waals surface area contributed by atoms with Gasteiger partial charge in [-0.1, -0.05) is 181 Å². The molecule has 0 aliphatic carbocycles. The van der Waals surface area contributed by atoms with Crippen LogP contribution < -0.4 is 0 Å². The van der Waals surface area contributed by atoms with Gasteiger partial charge in [-0.05, 0) is 96.3 Å². The average molecular weight is 941 g/mol. The summed E-state index contributed by atoms with van der Waals surface area (Å²) in [4.78, 5) is 35.5. The molecular formula is C56H95NO8P+. The molecule has 0 saturated carbocycles. The van der Waals surface area contributed by atoms with E-state index in [1.54, 1.807) is 0 Å². The van der Waals surface area contributed by atoms with E-state index in [2.05, 4.69) is 123 Å². The number of carbonyl (C=O) groups excluding carboxylic acids is 2. The van der Waals surface area contributed by atoms with Gasteiger partial charge in [0.05, 0.1) is 27.7 Å². The second-order valence-electron chi connectivity index (χ2n) is 17.8. The number of quaternary nitrogens is 1. The topological polar surface area (TPSA) is 108 Å². The second kappa shape index (κ2) is 46.8. The molecule has 9 nitrogen and oxygen atoms in total. The van der Waals surface area contributed by atoms with E-state index in [-0.39, 0.29) is 26.1 Å². The Hall–Kier alpha value is -3.33. The van der Waals surface area contributed by atoms with Gasteiger partial charge in [-0.15, -0.1) is 0 Å². The molecule has 2 atom stereocenters. The fraction of sp³-hybridized carbons (Fsp3) is 0.643. The summed E-state index contributed by atoms with van der Waals surface area (Å²) >= 11 is 0. The first-order chi connectivity index (χ1) is 32.0. The summed E-state index contributed by atoms with van der Waals surface area (Å²) in [5.41, 5.74) is 0. The molecule has 66 heavy (non-hydrogen) atoms. The Kier molecular flexibility index (Phi) is 44.4. The summed E-state index contributed by atoms with van der Waals surface area (Å²) in [6.07, 6.45) is 64.3. The quantitative estimate of drug-likeness (QED) is 0.0211. The van der Waals surface area contributed by atoms with Crippen LogP contribution in [0.15, 0.2) is 109 Å². The van der Waals surface area contributed by atoms with Crippen LogP contribution in [0.5, 0.6) is 0 Å². The number of nitrogens with zero attached hydrogens (tertiary/aromatic N) is 1. The molecule has 0 rings (SSSR count). The lowest BCUT2D eigenvalue weighted by molar-refractivity contribution is -0.870. The largest absolute Gasteiger partial charge is 0.472 e. The standard InChI is InChI=1S/C56H94NO8P/c1-6-8-10-12-14-16-18-20-22-23-24-25-26-27-28-29-30-31-32-33-35-37-39-41-43-45-47-49-56(59)65-54(53-64-66(60,61)63-51-50-57(3,4)5)52-62-55(58)48-46-44-42-40-38-36-34-21-19-17-15-13-11-9-7-2/h8-11,14-17,20-22,24-25,27-28,30-31,34,54H,6-7,12-13,18-19,23,26,29,32-33,35-53H2,1-5H3/p+1/b10-8-,11-9-,16-14-,17-15-,22-20-,25-24-,28-27-,31-30-,34-21-. The summed E-state index contributed by atoms with van der Waals surface area (Å²) in [7, 11) is 1.44. The molecule has 0 heterocycles. The van der Waals surface area contributed by atoms with Gasteiger partial charge in [0.15, 0.2) is 6.10 Å². The van der Waals surface area contributed by atoms with Crippen molar-refractivity contribution in [3.8, 4) is 0 Å². The normalized spacial score (nSPS) is 14.3. The van der Waals surface area contributed by atoms with Gasteiger partial charge in [-0.25, -0.2) is 4.57 Å². The van der Waals surface area contributed by atoms with E-state index >= 15 is 0 Å². The van der Waals surface area contributed by atoms with E-state index in [0.717, 1.165) is 116 Å². The SMILES string of the molecule is CC/C=C\C/C=C\C/C=C\C/C=C\C/C=C\C/C=C\CCCCCCCCCCC(=O)OC(COC(=O)CCCCCCC/C=C\C/C=C\C/C=C\CC)COP(=O)(O)OCC[N+](C)(C)C. The summed E-state index contributed by atoms with van der Waals surface area (Å²) in [5, 5.41) is 0.